The van der Waals surface area contributed by atoms with Crippen LogP contribution < -0.4 is 9.46 Å². The van der Waals surface area contributed by atoms with Crippen molar-refractivity contribution in [1.82, 2.24) is 0 Å². The van der Waals surface area contributed by atoms with Gasteiger partial charge in [0.25, 0.3) is 10.0 Å². The molecule has 0 aliphatic heterocycles. The number of thiophene rings is 1. The van der Waals surface area contributed by atoms with Gasteiger partial charge in [-0.15, -0.1) is 24.5 Å². The molecule has 1 aromatic heterocycles. The molecule has 6 nitrogen and oxygen atoms in total. The standard InChI is InChI=1S/C12H7ClF3NO5S2/c13-7-5-6(22-12(14,15)16)1-2-9(7)24(20,21)17-8-3-4-23-10(8)11(18)19/h1-5,17H,(H,18,19). The molecule has 24 heavy (non-hydrogen) atoms. The number of sulfonamides is 1. The molecule has 130 valence electrons. The van der Waals surface area contributed by atoms with Crippen LogP contribution in [-0.2, 0) is 10.0 Å². The van der Waals surface area contributed by atoms with Crippen molar-refractivity contribution in [2.75, 3.05) is 4.72 Å². The van der Waals surface area contributed by atoms with Crippen LogP contribution in [0, 0.1) is 0 Å². The lowest BCUT2D eigenvalue weighted by Crippen LogP contribution is -2.18. The van der Waals surface area contributed by atoms with Crippen LogP contribution in [0.25, 0.3) is 0 Å². The van der Waals surface area contributed by atoms with E-state index < -0.39 is 38.0 Å². The van der Waals surface area contributed by atoms with E-state index in [1.165, 1.54) is 11.4 Å². The van der Waals surface area contributed by atoms with Crippen LogP contribution in [0.2, 0.25) is 5.02 Å². The Bertz CT molecular complexity index is 879. The van der Waals surface area contributed by atoms with Crippen molar-refractivity contribution >= 4 is 44.6 Å². The van der Waals surface area contributed by atoms with E-state index >= 15 is 0 Å². The van der Waals surface area contributed by atoms with Gasteiger partial charge < -0.3 is 9.84 Å². The molecule has 0 aliphatic carbocycles. The first-order valence-corrected chi connectivity index (χ1v) is 8.62. The number of halogens is 4. The number of carbonyl (C=O) groups is 1. The first-order valence-electron chi connectivity index (χ1n) is 5.88. The molecule has 0 radical (unpaired) electrons. The van der Waals surface area contributed by atoms with Gasteiger partial charge in [0, 0.05) is 6.07 Å². The van der Waals surface area contributed by atoms with Gasteiger partial charge in [-0.05, 0) is 23.6 Å². The predicted molar refractivity (Wildman–Crippen MR) is 80.2 cm³/mol. The molecule has 0 saturated heterocycles. The molecule has 0 saturated carbocycles. The van der Waals surface area contributed by atoms with Crippen LogP contribution >= 0.6 is 22.9 Å². The van der Waals surface area contributed by atoms with Gasteiger partial charge in [-0.25, -0.2) is 13.2 Å². The van der Waals surface area contributed by atoms with Crippen molar-refractivity contribution in [3.8, 4) is 5.75 Å². The zero-order valence-corrected chi connectivity index (χ0v) is 13.7. The molecule has 2 N–H and O–H groups in total. The third kappa shape index (κ3) is 4.30. The fourth-order valence-electron chi connectivity index (χ4n) is 1.65. The molecule has 2 rings (SSSR count). The van der Waals surface area contributed by atoms with E-state index in [0.29, 0.717) is 6.07 Å². The Balaban J connectivity index is 2.33. The fourth-order valence-corrected chi connectivity index (χ4v) is 4.01. The predicted octanol–water partition coefficient (Wildman–Crippen LogP) is 3.80. The lowest BCUT2D eigenvalue weighted by atomic mass is 10.3. The van der Waals surface area contributed by atoms with Crippen LogP contribution in [0.1, 0.15) is 9.67 Å². The van der Waals surface area contributed by atoms with Crippen molar-refractivity contribution in [2.24, 2.45) is 0 Å². The summed E-state index contributed by atoms with van der Waals surface area (Å²) in [6.45, 7) is 0. The lowest BCUT2D eigenvalue weighted by Gasteiger charge is -2.12. The third-order valence-corrected chi connectivity index (χ3v) is 5.28. The van der Waals surface area contributed by atoms with E-state index in [9.17, 15) is 26.4 Å². The van der Waals surface area contributed by atoms with E-state index in [1.54, 1.807) is 0 Å². The molecule has 0 amide bonds. The van der Waals surface area contributed by atoms with Crippen LogP contribution in [0.3, 0.4) is 0 Å². The number of nitrogens with one attached hydrogen (secondary N) is 1. The average molecular weight is 402 g/mol. The van der Waals surface area contributed by atoms with E-state index in [1.807, 2.05) is 4.72 Å². The van der Waals surface area contributed by atoms with Crippen LogP contribution in [-0.4, -0.2) is 25.9 Å². The first kappa shape index (κ1) is 18.4. The zero-order valence-electron chi connectivity index (χ0n) is 11.3. The SMILES string of the molecule is O=C(O)c1sccc1NS(=O)(=O)c1ccc(OC(F)(F)F)cc1Cl. The first-order chi connectivity index (χ1) is 11.0. The van der Waals surface area contributed by atoms with Crippen molar-refractivity contribution in [3.05, 3.63) is 39.5 Å². The Morgan fingerprint density at radius 1 is 1.29 bits per heavy atom. The molecule has 0 bridgehead atoms. The number of carboxylic acid groups (broad SMARTS) is 1. The molecule has 0 fully saturated rings. The molecule has 1 heterocycles. The second-order valence-electron chi connectivity index (χ2n) is 4.21. The minimum absolute atomic E-state index is 0.181. The topological polar surface area (TPSA) is 92.7 Å². The number of ether oxygens (including phenoxy) is 1. The van der Waals surface area contributed by atoms with Crippen molar-refractivity contribution in [2.45, 2.75) is 11.3 Å². The van der Waals surface area contributed by atoms with Crippen molar-refractivity contribution in [1.29, 1.82) is 0 Å². The van der Waals surface area contributed by atoms with Gasteiger partial charge in [-0.2, -0.15) is 0 Å². The Morgan fingerprint density at radius 2 is 1.96 bits per heavy atom. The van der Waals surface area contributed by atoms with Crippen molar-refractivity contribution < 1.29 is 36.2 Å². The van der Waals surface area contributed by atoms with E-state index in [-0.39, 0.29) is 10.6 Å². The Labute approximate surface area is 142 Å². The monoisotopic (exact) mass is 401 g/mol. The number of carboxylic acids is 1. The highest BCUT2D eigenvalue weighted by Crippen LogP contribution is 2.32. The number of hydrogen-bond acceptors (Lipinski definition) is 5. The summed E-state index contributed by atoms with van der Waals surface area (Å²) in [7, 11) is -4.31. The second-order valence-corrected chi connectivity index (χ2v) is 7.19. The van der Waals surface area contributed by atoms with Crippen LogP contribution in [0.15, 0.2) is 34.5 Å². The number of hydrogen-bond donors (Lipinski definition) is 2. The maximum atomic E-state index is 12.2. The fraction of sp³-hybridized carbons (Fsp3) is 0.0833. The third-order valence-electron chi connectivity index (χ3n) is 2.53. The highest BCUT2D eigenvalue weighted by Gasteiger charge is 2.32. The molecule has 0 aliphatic rings. The van der Waals surface area contributed by atoms with Crippen LogP contribution in [0.5, 0.6) is 5.75 Å². The molecule has 12 heteroatoms. The van der Waals surface area contributed by atoms with Gasteiger partial charge in [0.15, 0.2) is 0 Å². The van der Waals surface area contributed by atoms with E-state index in [2.05, 4.69) is 4.74 Å². The Hall–Kier alpha value is -1.98. The highest BCUT2D eigenvalue weighted by atomic mass is 35.5. The number of rotatable bonds is 5. The summed E-state index contributed by atoms with van der Waals surface area (Å²) in [4.78, 5) is 10.2. The van der Waals surface area contributed by atoms with Gasteiger partial charge in [0.2, 0.25) is 0 Å². The summed E-state index contributed by atoms with van der Waals surface area (Å²) in [5.41, 5.74) is -0.181. The minimum atomic E-state index is -4.95. The second kappa shape index (κ2) is 6.49. The summed E-state index contributed by atoms with van der Waals surface area (Å²) in [5.74, 6) is -2.02. The summed E-state index contributed by atoms with van der Waals surface area (Å²) in [6.07, 6.45) is -4.95. The molecular formula is C12H7ClF3NO5S2. The van der Waals surface area contributed by atoms with Crippen molar-refractivity contribution in [3.63, 3.8) is 0 Å². The van der Waals surface area contributed by atoms with Gasteiger partial charge in [0.05, 0.1) is 10.7 Å². The van der Waals surface area contributed by atoms with Gasteiger partial charge in [0.1, 0.15) is 15.5 Å². The number of benzene rings is 1. The summed E-state index contributed by atoms with van der Waals surface area (Å²) in [6, 6.07) is 3.52. The van der Waals surface area contributed by atoms with Gasteiger partial charge >= 0.3 is 12.3 Å². The van der Waals surface area contributed by atoms with E-state index in [0.717, 1.165) is 23.5 Å². The van der Waals surface area contributed by atoms with Gasteiger partial charge in [-0.3, -0.25) is 4.72 Å². The zero-order chi connectivity index (χ0) is 18.1. The molecule has 0 spiro atoms. The Kier molecular flexibility index (Phi) is 4.97. The number of aromatic carboxylic acids is 1. The summed E-state index contributed by atoms with van der Waals surface area (Å²) in [5, 5.41) is 9.79. The molecule has 2 aromatic rings. The van der Waals surface area contributed by atoms with Gasteiger partial charge in [-0.1, -0.05) is 11.6 Å². The molecule has 1 aromatic carbocycles. The minimum Gasteiger partial charge on any atom is -0.477 e. The summed E-state index contributed by atoms with van der Waals surface area (Å²) >= 11 is 6.51. The molecule has 0 atom stereocenters. The quantitative estimate of drug-likeness (QED) is 0.795. The number of alkyl halides is 3. The number of anilines is 1. The maximum Gasteiger partial charge on any atom is 0.573 e. The molecule has 0 unspecified atom stereocenters. The maximum absolute atomic E-state index is 12.2. The highest BCUT2D eigenvalue weighted by molar-refractivity contribution is 7.92. The smallest absolute Gasteiger partial charge is 0.477 e. The van der Waals surface area contributed by atoms with Crippen LogP contribution in [0.4, 0.5) is 18.9 Å². The largest absolute Gasteiger partial charge is 0.573 e. The Morgan fingerprint density at radius 3 is 2.50 bits per heavy atom. The van der Waals surface area contributed by atoms with E-state index in [4.69, 9.17) is 16.7 Å². The molecular weight excluding hydrogens is 395 g/mol. The average Bonchev–Trinajstić information content (AvgIpc) is 2.83. The normalized spacial score (nSPS) is 12.0. The lowest BCUT2D eigenvalue weighted by molar-refractivity contribution is -0.274. The summed E-state index contributed by atoms with van der Waals surface area (Å²) < 4.78 is 66.5.